The zero-order valence-electron chi connectivity index (χ0n) is 18.1. The Morgan fingerprint density at radius 3 is 1.47 bits per heavy atom. The Morgan fingerprint density at radius 2 is 1.16 bits per heavy atom. The molecule has 1 atom stereocenters. The molecule has 0 aromatic heterocycles. The highest BCUT2D eigenvalue weighted by molar-refractivity contribution is 6.65. The van der Waals surface area contributed by atoms with Crippen molar-refractivity contribution in [3.8, 4) is 0 Å². The summed E-state index contributed by atoms with van der Waals surface area (Å²) in [5.41, 5.74) is 0. The van der Waals surface area contributed by atoms with E-state index in [0.29, 0.717) is 19.3 Å². The third-order valence-corrected chi connectivity index (χ3v) is 6.26. The standard InChI is InChI=1S/C18H28F6O7Si/c1-4-8-13(25)29-32(30-14(26)9-5-2,31-15(27)10-6-3)12-7-11-28-18(23,24)16(19)17(20,21)22/h16H,4-12H2,1-3H3. The highest BCUT2D eigenvalue weighted by atomic mass is 28.4. The first-order valence-corrected chi connectivity index (χ1v) is 12.0. The van der Waals surface area contributed by atoms with E-state index in [-0.39, 0.29) is 19.3 Å². The van der Waals surface area contributed by atoms with E-state index in [2.05, 4.69) is 4.74 Å². The molecule has 0 rings (SSSR count). The van der Waals surface area contributed by atoms with Gasteiger partial charge < -0.3 is 18.0 Å². The fourth-order valence-corrected chi connectivity index (χ4v) is 4.62. The van der Waals surface area contributed by atoms with Crippen LogP contribution in [0.3, 0.4) is 0 Å². The maximum absolute atomic E-state index is 13.3. The molecule has 0 spiro atoms. The maximum atomic E-state index is 13.3. The number of hydrogen-bond acceptors (Lipinski definition) is 7. The maximum Gasteiger partial charge on any atom is 0.705 e. The van der Waals surface area contributed by atoms with Crippen LogP contribution < -0.4 is 0 Å². The second-order valence-electron chi connectivity index (χ2n) is 6.77. The summed E-state index contributed by atoms with van der Waals surface area (Å²) in [5, 5.41) is 0. The molecule has 0 fully saturated rings. The molecule has 32 heavy (non-hydrogen) atoms. The average Bonchev–Trinajstić information content (AvgIpc) is 2.64. The lowest BCUT2D eigenvalue weighted by molar-refractivity contribution is -0.335. The van der Waals surface area contributed by atoms with Crippen LogP contribution in [0.5, 0.6) is 0 Å². The summed E-state index contributed by atoms with van der Waals surface area (Å²) in [5.74, 6) is -2.63. The molecular weight excluding hydrogens is 470 g/mol. The predicted octanol–water partition coefficient (Wildman–Crippen LogP) is 4.86. The SMILES string of the molecule is CCCC(=O)O[Si](CCCOC(F)(F)C(F)C(F)(F)F)(OC(=O)CCC)OC(=O)CCC. The van der Waals surface area contributed by atoms with Crippen molar-refractivity contribution in [2.24, 2.45) is 0 Å². The molecule has 0 N–H and O–H groups in total. The van der Waals surface area contributed by atoms with Crippen molar-refractivity contribution >= 4 is 26.7 Å². The minimum absolute atomic E-state index is 0.130. The van der Waals surface area contributed by atoms with Gasteiger partial charge in [-0.3, -0.25) is 14.4 Å². The number of halogens is 6. The fraction of sp³-hybridized carbons (Fsp3) is 0.833. The zero-order chi connectivity index (χ0) is 25.0. The summed E-state index contributed by atoms with van der Waals surface area (Å²) >= 11 is 0. The largest absolute Gasteiger partial charge is 0.705 e. The first kappa shape index (κ1) is 30.2. The highest BCUT2D eigenvalue weighted by Crippen LogP contribution is 2.36. The van der Waals surface area contributed by atoms with Gasteiger partial charge in [0.2, 0.25) is 0 Å². The van der Waals surface area contributed by atoms with E-state index in [1.165, 1.54) is 0 Å². The minimum atomic E-state index is -5.84. The van der Waals surface area contributed by atoms with E-state index >= 15 is 0 Å². The molecule has 0 saturated carbocycles. The van der Waals surface area contributed by atoms with Gasteiger partial charge in [-0.05, 0) is 25.7 Å². The van der Waals surface area contributed by atoms with Crippen molar-refractivity contribution < 1.29 is 58.7 Å². The topological polar surface area (TPSA) is 88.1 Å². The lowest BCUT2D eigenvalue weighted by atomic mass is 10.3. The van der Waals surface area contributed by atoms with Crippen molar-refractivity contribution in [2.45, 2.75) is 90.2 Å². The number of rotatable bonds is 15. The van der Waals surface area contributed by atoms with Crippen LogP contribution in [0, 0.1) is 0 Å². The smallest absolute Gasteiger partial charge is 0.455 e. The van der Waals surface area contributed by atoms with Crippen molar-refractivity contribution in [2.75, 3.05) is 6.61 Å². The molecule has 0 aliphatic carbocycles. The Kier molecular flexibility index (Phi) is 12.9. The summed E-state index contributed by atoms with van der Waals surface area (Å²) < 4.78 is 95.3. The van der Waals surface area contributed by atoms with Crippen LogP contribution >= 0.6 is 0 Å². The second kappa shape index (κ2) is 13.7. The zero-order valence-corrected chi connectivity index (χ0v) is 19.1. The van der Waals surface area contributed by atoms with E-state index < -0.39 is 64.2 Å². The summed E-state index contributed by atoms with van der Waals surface area (Å²) in [6, 6.07) is -0.591. The Balaban J connectivity index is 5.50. The van der Waals surface area contributed by atoms with E-state index in [1.807, 2.05) is 0 Å². The molecule has 0 aliphatic heterocycles. The summed E-state index contributed by atoms with van der Waals surface area (Å²) in [6.07, 6.45) is -15.5. The van der Waals surface area contributed by atoms with Crippen LogP contribution in [0.15, 0.2) is 0 Å². The molecule has 1 unspecified atom stereocenters. The Bertz CT molecular complexity index is 565. The lowest BCUT2D eigenvalue weighted by Gasteiger charge is -2.28. The molecule has 0 radical (unpaired) electrons. The molecule has 188 valence electrons. The first-order chi connectivity index (χ1) is 14.7. The number of carbonyl (C=O) groups excluding carboxylic acids is 3. The van der Waals surface area contributed by atoms with Crippen molar-refractivity contribution in [3.05, 3.63) is 0 Å². The average molecular weight is 498 g/mol. The number of ether oxygens (including phenoxy) is 1. The van der Waals surface area contributed by atoms with Gasteiger partial charge in [-0.1, -0.05) is 20.8 Å². The van der Waals surface area contributed by atoms with Gasteiger partial charge >= 0.3 is 21.1 Å². The Hall–Kier alpha value is -1.83. The van der Waals surface area contributed by atoms with Crippen molar-refractivity contribution in [3.63, 3.8) is 0 Å². The van der Waals surface area contributed by atoms with Gasteiger partial charge in [-0.2, -0.15) is 22.0 Å². The normalized spacial score (nSPS) is 13.4. The number of hydrogen-bond donors (Lipinski definition) is 0. The van der Waals surface area contributed by atoms with Crippen LogP contribution in [0.25, 0.3) is 0 Å². The van der Waals surface area contributed by atoms with E-state index in [4.69, 9.17) is 13.3 Å². The molecule has 7 nitrogen and oxygen atoms in total. The third kappa shape index (κ3) is 11.2. The van der Waals surface area contributed by atoms with Crippen LogP contribution in [0.4, 0.5) is 26.3 Å². The molecule has 0 saturated heterocycles. The Morgan fingerprint density at radius 1 is 0.781 bits per heavy atom. The van der Waals surface area contributed by atoms with Crippen molar-refractivity contribution in [1.29, 1.82) is 0 Å². The minimum Gasteiger partial charge on any atom is -0.455 e. The fourth-order valence-electron chi connectivity index (χ4n) is 2.26. The van der Waals surface area contributed by atoms with Gasteiger partial charge in [-0.15, -0.1) is 0 Å². The monoisotopic (exact) mass is 498 g/mol. The first-order valence-electron chi connectivity index (χ1n) is 10.1. The highest BCUT2D eigenvalue weighted by Gasteiger charge is 2.58. The number of alkyl halides is 6. The molecule has 0 aromatic rings. The van der Waals surface area contributed by atoms with Gasteiger partial charge in [0.15, 0.2) is 0 Å². The van der Waals surface area contributed by atoms with Crippen LogP contribution in [0.2, 0.25) is 6.04 Å². The summed E-state index contributed by atoms with van der Waals surface area (Å²) in [6.45, 7) is 3.79. The van der Waals surface area contributed by atoms with E-state index in [1.54, 1.807) is 20.8 Å². The molecule has 0 aromatic carbocycles. The molecule has 0 amide bonds. The predicted molar refractivity (Wildman–Crippen MR) is 100 cm³/mol. The molecule has 0 heterocycles. The Labute approximate surface area is 183 Å². The van der Waals surface area contributed by atoms with Gasteiger partial charge in [0.05, 0.1) is 12.7 Å². The van der Waals surface area contributed by atoms with E-state index in [9.17, 15) is 40.7 Å². The summed E-state index contributed by atoms with van der Waals surface area (Å²) in [7, 11) is -4.45. The molecule has 0 aliphatic rings. The lowest BCUT2D eigenvalue weighted by Crippen LogP contribution is -2.50. The number of carbonyl (C=O) groups is 3. The molecule has 0 bridgehead atoms. The second-order valence-corrected chi connectivity index (χ2v) is 9.25. The van der Waals surface area contributed by atoms with Crippen LogP contribution in [0.1, 0.15) is 65.7 Å². The van der Waals surface area contributed by atoms with Gasteiger partial charge in [0.25, 0.3) is 24.1 Å². The van der Waals surface area contributed by atoms with Crippen LogP contribution in [-0.2, 0) is 32.4 Å². The van der Waals surface area contributed by atoms with Crippen LogP contribution in [-0.4, -0.2) is 51.8 Å². The quantitative estimate of drug-likeness (QED) is 0.181. The van der Waals surface area contributed by atoms with E-state index in [0.717, 1.165) is 0 Å². The van der Waals surface area contributed by atoms with Gasteiger partial charge in [0.1, 0.15) is 0 Å². The third-order valence-electron chi connectivity index (χ3n) is 3.67. The van der Waals surface area contributed by atoms with Gasteiger partial charge in [0, 0.05) is 19.3 Å². The molecular formula is C18H28F6O7Si. The molecule has 14 heteroatoms. The summed E-state index contributed by atoms with van der Waals surface area (Å²) in [4.78, 5) is 36.1. The van der Waals surface area contributed by atoms with Gasteiger partial charge in [-0.25, -0.2) is 4.39 Å². The van der Waals surface area contributed by atoms with Crippen molar-refractivity contribution in [1.82, 2.24) is 0 Å².